The Morgan fingerprint density at radius 3 is 2.24 bits per heavy atom. The predicted molar refractivity (Wildman–Crippen MR) is 161 cm³/mol. The van der Waals surface area contributed by atoms with Crippen LogP contribution in [0.5, 0.6) is 17.2 Å². The summed E-state index contributed by atoms with van der Waals surface area (Å²) >= 11 is 6.59. The summed E-state index contributed by atoms with van der Waals surface area (Å²) in [4.78, 5) is 73.2. The molecule has 3 aliphatic carbocycles. The van der Waals surface area contributed by atoms with Crippen LogP contribution in [0.2, 0.25) is 0 Å². The number of pyridine rings is 1. The summed E-state index contributed by atoms with van der Waals surface area (Å²) in [5.41, 5.74) is -4.75. The molecule has 0 fully saturated rings. The highest BCUT2D eigenvalue weighted by atomic mass is 79.9. The maximum atomic E-state index is 14.2. The second-order valence-electron chi connectivity index (χ2n) is 10.2. The maximum Gasteiger partial charge on any atom is 0.260 e. The van der Waals surface area contributed by atoms with E-state index in [9.17, 15) is 39.3 Å². The van der Waals surface area contributed by atoms with Gasteiger partial charge >= 0.3 is 0 Å². The number of aromatic hydroxyl groups is 3. The van der Waals surface area contributed by atoms with Crippen molar-refractivity contribution in [3.8, 4) is 17.2 Å². The van der Waals surface area contributed by atoms with E-state index in [1.54, 1.807) is 24.3 Å². The number of Topliss-reactive ketones (excluding diaryl/α,β-unsaturated/α-hetero) is 4. The van der Waals surface area contributed by atoms with E-state index in [1.807, 2.05) is 13.0 Å². The standard InChI is InChI=1S/C30H20Br2N2O8/c1-3-4-5-6-10-9-12-13(29(42)34-10)24(37)18-11(19(12)31)7-8-30(18)27(40)16-17(28(30)41)23(36)15-14(22(16)35)25(38)20(32)21(33-2)26(15)39/h3-6,9,20,35-37H,7-8H2,1-2H3,(H,34,42)/t20?,30-/m1/s1. The van der Waals surface area contributed by atoms with Gasteiger partial charge in [0.2, 0.25) is 5.78 Å². The van der Waals surface area contributed by atoms with Gasteiger partial charge in [0, 0.05) is 28.2 Å². The van der Waals surface area contributed by atoms with Crippen LogP contribution in [0, 0.1) is 0 Å². The van der Waals surface area contributed by atoms with Gasteiger partial charge in [0.05, 0.1) is 27.6 Å². The molecule has 10 nitrogen and oxygen atoms in total. The number of nitrogens with one attached hydrogen (secondary N) is 1. The molecule has 0 aliphatic heterocycles. The number of fused-ring (bicyclic) bond motifs is 5. The number of rotatable bonds is 2. The first-order chi connectivity index (χ1) is 19.9. The molecule has 3 aliphatic rings. The van der Waals surface area contributed by atoms with E-state index in [-0.39, 0.29) is 29.5 Å². The number of phenols is 3. The number of hydrogen-bond acceptors (Lipinski definition) is 9. The van der Waals surface area contributed by atoms with Gasteiger partial charge in [-0.05, 0) is 53.4 Å². The summed E-state index contributed by atoms with van der Waals surface area (Å²) in [7, 11) is 1.28. The molecule has 1 aromatic heterocycles. The van der Waals surface area contributed by atoms with Crippen molar-refractivity contribution in [2.45, 2.75) is 30.0 Å². The topological polar surface area (TPSA) is 174 Å². The third-order valence-corrected chi connectivity index (χ3v) is 9.94. The van der Waals surface area contributed by atoms with Gasteiger partial charge in [-0.2, -0.15) is 0 Å². The van der Waals surface area contributed by atoms with Crippen LogP contribution in [-0.2, 0) is 11.8 Å². The minimum atomic E-state index is -2.12. The van der Waals surface area contributed by atoms with Crippen molar-refractivity contribution < 1.29 is 34.5 Å². The molecule has 0 radical (unpaired) electrons. The lowest BCUT2D eigenvalue weighted by Crippen LogP contribution is -2.38. The highest BCUT2D eigenvalue weighted by Gasteiger charge is 2.62. The number of aromatic amines is 1. The van der Waals surface area contributed by atoms with Gasteiger partial charge in [-0.15, -0.1) is 0 Å². The molecule has 4 N–H and O–H groups in total. The Balaban J connectivity index is 1.63. The molecule has 1 spiro atoms. The van der Waals surface area contributed by atoms with Crippen molar-refractivity contribution in [3.05, 3.63) is 78.2 Å². The molecule has 2 aromatic carbocycles. The minimum Gasteiger partial charge on any atom is -0.507 e. The Bertz CT molecular complexity index is 2020. The predicted octanol–water partition coefficient (Wildman–Crippen LogP) is 4.47. The number of alkyl halides is 1. The summed E-state index contributed by atoms with van der Waals surface area (Å²) < 4.78 is 0.398. The van der Waals surface area contributed by atoms with Gasteiger partial charge in [-0.3, -0.25) is 29.0 Å². The molecule has 1 heterocycles. The lowest BCUT2D eigenvalue weighted by molar-refractivity contribution is 0.0790. The molecule has 12 heteroatoms. The first-order valence-electron chi connectivity index (χ1n) is 12.7. The molecule has 0 saturated heterocycles. The summed E-state index contributed by atoms with van der Waals surface area (Å²) in [5, 5.41) is 34.2. The SMILES string of the molecule is CC=CC=Cc1cc2c(Br)c3c(c(O)c2c(=O)[nH]1)[C@@]1(CC3)C(=O)c2c(O)c3c(c(O)c2C1=O)C(=O)C(Br)C(=NC)C3=O. The number of aliphatic imine (C=N–C) groups is 1. The smallest absolute Gasteiger partial charge is 0.260 e. The van der Waals surface area contributed by atoms with E-state index in [2.05, 4.69) is 41.8 Å². The summed E-state index contributed by atoms with van der Waals surface area (Å²) in [6, 6.07) is 1.64. The van der Waals surface area contributed by atoms with E-state index in [1.165, 1.54) is 7.05 Å². The number of hydrogen-bond donors (Lipinski definition) is 4. The number of aromatic nitrogens is 1. The second kappa shape index (κ2) is 9.43. The van der Waals surface area contributed by atoms with Crippen LogP contribution in [0.1, 0.15) is 71.6 Å². The minimum absolute atomic E-state index is 0.122. The molecule has 0 amide bonds. The number of carbonyl (C=O) groups excluding carboxylic acids is 4. The van der Waals surface area contributed by atoms with Crippen molar-refractivity contribution >= 4 is 77.6 Å². The number of benzene rings is 2. The molecule has 1 unspecified atom stereocenters. The third-order valence-electron chi connectivity index (χ3n) is 8.18. The Labute approximate surface area is 253 Å². The van der Waals surface area contributed by atoms with Crippen LogP contribution < -0.4 is 5.56 Å². The fraction of sp³-hybridized carbons (Fsp3) is 0.200. The number of H-pyrrole nitrogens is 1. The van der Waals surface area contributed by atoms with Crippen LogP contribution in [-0.4, -0.2) is 61.0 Å². The number of carbonyl (C=O) groups is 4. The van der Waals surface area contributed by atoms with E-state index in [4.69, 9.17) is 0 Å². The van der Waals surface area contributed by atoms with E-state index in [0.29, 0.717) is 21.1 Å². The molecule has 0 saturated carbocycles. The summed E-state index contributed by atoms with van der Waals surface area (Å²) in [6.07, 6.45) is 6.94. The van der Waals surface area contributed by atoms with Crippen LogP contribution in [0.25, 0.3) is 16.8 Å². The van der Waals surface area contributed by atoms with Gasteiger partial charge in [-0.1, -0.05) is 34.2 Å². The first-order valence-corrected chi connectivity index (χ1v) is 14.5. The Morgan fingerprint density at radius 1 is 0.976 bits per heavy atom. The van der Waals surface area contributed by atoms with Gasteiger partial charge in [0.1, 0.15) is 33.2 Å². The fourth-order valence-corrected chi connectivity index (χ4v) is 7.69. The molecular formula is C30H20Br2N2O8. The number of nitrogens with zero attached hydrogens (tertiary/aromatic N) is 1. The largest absolute Gasteiger partial charge is 0.507 e. The average Bonchev–Trinajstić information content (AvgIpc) is 3.46. The van der Waals surface area contributed by atoms with Gasteiger partial charge < -0.3 is 20.3 Å². The first kappa shape index (κ1) is 28.0. The van der Waals surface area contributed by atoms with Crippen molar-refractivity contribution in [3.63, 3.8) is 0 Å². The van der Waals surface area contributed by atoms with Crippen LogP contribution >= 0.6 is 31.9 Å². The molecule has 0 bridgehead atoms. The number of halogens is 2. The van der Waals surface area contributed by atoms with E-state index >= 15 is 0 Å². The third kappa shape index (κ3) is 3.30. The van der Waals surface area contributed by atoms with E-state index < -0.39 is 78.4 Å². The molecule has 3 aromatic rings. The summed E-state index contributed by atoms with van der Waals surface area (Å²) in [6.45, 7) is 1.84. The molecular weight excluding hydrogens is 676 g/mol. The lowest BCUT2D eigenvalue weighted by Gasteiger charge is -2.23. The van der Waals surface area contributed by atoms with Crippen LogP contribution in [0.3, 0.4) is 0 Å². The molecule has 2 atom stereocenters. The number of allylic oxidation sites excluding steroid dienone is 3. The van der Waals surface area contributed by atoms with Crippen molar-refractivity contribution in [1.82, 2.24) is 4.98 Å². The Hall–Kier alpha value is -4.16. The number of phenolic OH excluding ortho intramolecular Hbond substituents is 3. The number of ketones is 4. The zero-order valence-corrected chi connectivity index (χ0v) is 25.1. The van der Waals surface area contributed by atoms with Crippen molar-refractivity contribution in [1.29, 1.82) is 0 Å². The lowest BCUT2D eigenvalue weighted by atomic mass is 9.76. The zero-order chi connectivity index (χ0) is 30.4. The fourth-order valence-electron chi connectivity index (χ4n) is 6.34. The van der Waals surface area contributed by atoms with Gasteiger partial charge in [-0.25, -0.2) is 0 Å². The Morgan fingerprint density at radius 2 is 1.62 bits per heavy atom. The normalized spacial score (nSPS) is 22.4. The average molecular weight is 696 g/mol. The molecule has 212 valence electrons. The van der Waals surface area contributed by atoms with Crippen LogP contribution in [0.4, 0.5) is 0 Å². The highest BCUT2D eigenvalue weighted by molar-refractivity contribution is 9.10. The second-order valence-corrected chi connectivity index (χ2v) is 11.9. The van der Waals surface area contributed by atoms with E-state index in [0.717, 1.165) is 0 Å². The zero-order valence-electron chi connectivity index (χ0n) is 22.0. The quantitative estimate of drug-likeness (QED) is 0.131. The van der Waals surface area contributed by atoms with Crippen molar-refractivity contribution in [2.24, 2.45) is 4.99 Å². The molecule has 6 rings (SSSR count). The van der Waals surface area contributed by atoms with Crippen molar-refractivity contribution in [2.75, 3.05) is 7.05 Å². The van der Waals surface area contributed by atoms with Crippen LogP contribution in [0.15, 0.2) is 38.6 Å². The monoisotopic (exact) mass is 694 g/mol. The van der Waals surface area contributed by atoms with Gasteiger partial charge in [0.25, 0.3) is 5.56 Å². The Kier molecular flexibility index (Phi) is 6.28. The summed E-state index contributed by atoms with van der Waals surface area (Å²) in [5.74, 6) is -6.04. The highest BCUT2D eigenvalue weighted by Crippen LogP contribution is 2.58. The maximum absolute atomic E-state index is 14.2. The van der Waals surface area contributed by atoms with Gasteiger partial charge in [0.15, 0.2) is 17.3 Å². The molecule has 42 heavy (non-hydrogen) atoms.